The number of ether oxygens (including phenoxy) is 1. The first kappa shape index (κ1) is 19.8. The van der Waals surface area contributed by atoms with Gasteiger partial charge in [0.15, 0.2) is 6.61 Å². The van der Waals surface area contributed by atoms with Crippen molar-refractivity contribution in [2.45, 2.75) is 39.9 Å². The van der Waals surface area contributed by atoms with Crippen molar-refractivity contribution in [2.75, 3.05) is 11.9 Å². The Morgan fingerprint density at radius 2 is 1.67 bits per heavy atom. The fourth-order valence-electron chi connectivity index (χ4n) is 1.53. The molecule has 1 rings (SSSR count). The van der Waals surface area contributed by atoms with E-state index in [1.807, 2.05) is 0 Å². The zero-order valence-corrected chi connectivity index (χ0v) is 14.0. The van der Waals surface area contributed by atoms with E-state index >= 15 is 0 Å². The Morgan fingerprint density at radius 1 is 1.12 bits per heavy atom. The van der Waals surface area contributed by atoms with Crippen LogP contribution in [0.15, 0.2) is 24.3 Å². The molecule has 0 aliphatic carbocycles. The number of anilines is 1. The van der Waals surface area contributed by atoms with E-state index in [-0.39, 0.29) is 11.7 Å². The lowest BCUT2D eigenvalue weighted by Gasteiger charge is -2.21. The van der Waals surface area contributed by atoms with Crippen molar-refractivity contribution < 1.29 is 27.5 Å². The predicted octanol–water partition coefficient (Wildman–Crippen LogP) is 3.12. The highest BCUT2D eigenvalue weighted by molar-refractivity contribution is 5.97. The molecule has 134 valence electrons. The summed E-state index contributed by atoms with van der Waals surface area (Å²) in [7, 11) is 0. The minimum absolute atomic E-state index is 0.0411. The molecule has 0 saturated heterocycles. The maximum Gasteiger partial charge on any atom is 0.422 e. The van der Waals surface area contributed by atoms with E-state index < -0.39 is 30.1 Å². The summed E-state index contributed by atoms with van der Waals surface area (Å²) in [5.74, 6) is -0.656. The zero-order valence-electron chi connectivity index (χ0n) is 14.0. The largest absolute Gasteiger partial charge is 0.484 e. The van der Waals surface area contributed by atoms with Crippen molar-refractivity contribution in [3.63, 3.8) is 0 Å². The maximum atomic E-state index is 12.1. The normalized spacial score (nSPS) is 13.1. The average Bonchev–Trinajstić information content (AvgIpc) is 2.44. The third-order valence-corrected chi connectivity index (χ3v) is 2.95. The Balaban J connectivity index is 2.57. The van der Waals surface area contributed by atoms with Crippen molar-refractivity contribution in [3.05, 3.63) is 24.3 Å². The van der Waals surface area contributed by atoms with Gasteiger partial charge in [0.25, 0.3) is 0 Å². The Labute approximate surface area is 138 Å². The second kappa shape index (κ2) is 7.55. The lowest BCUT2D eigenvalue weighted by atomic mass is 9.95. The van der Waals surface area contributed by atoms with Gasteiger partial charge in [0.05, 0.1) is 0 Å². The average molecular weight is 346 g/mol. The molecule has 2 N–H and O–H groups in total. The SMILES string of the molecule is CC(NC(=O)C(C)(C)C)C(=O)Nc1ccc(OCC(F)(F)F)cc1. The second-order valence-corrected chi connectivity index (χ2v) is 6.36. The van der Waals surface area contributed by atoms with E-state index in [0.717, 1.165) is 0 Å². The molecule has 0 aliphatic rings. The molecule has 0 fully saturated rings. The van der Waals surface area contributed by atoms with Crippen LogP contribution in [-0.2, 0) is 9.59 Å². The minimum Gasteiger partial charge on any atom is -0.484 e. The van der Waals surface area contributed by atoms with Crippen LogP contribution in [0.2, 0.25) is 0 Å². The van der Waals surface area contributed by atoms with E-state index in [1.165, 1.54) is 24.3 Å². The van der Waals surface area contributed by atoms with Crippen LogP contribution in [0.4, 0.5) is 18.9 Å². The molecule has 0 aliphatic heterocycles. The Morgan fingerprint density at radius 3 is 2.12 bits per heavy atom. The number of benzene rings is 1. The van der Waals surface area contributed by atoms with Gasteiger partial charge >= 0.3 is 6.18 Å². The standard InChI is InChI=1S/C16H21F3N2O3/c1-10(20-14(23)15(2,3)4)13(22)21-11-5-7-12(8-6-11)24-9-16(17,18)19/h5-8,10H,9H2,1-4H3,(H,20,23)(H,21,22). The lowest BCUT2D eigenvalue weighted by Crippen LogP contribution is -2.46. The molecule has 0 radical (unpaired) electrons. The first-order chi connectivity index (χ1) is 10.9. The fraction of sp³-hybridized carbons (Fsp3) is 0.500. The van der Waals surface area contributed by atoms with E-state index in [2.05, 4.69) is 15.4 Å². The number of hydrogen-bond acceptors (Lipinski definition) is 3. The summed E-state index contributed by atoms with van der Waals surface area (Å²) in [6.45, 7) is 5.35. The zero-order chi connectivity index (χ0) is 18.5. The molecule has 0 spiro atoms. The van der Waals surface area contributed by atoms with Crippen molar-refractivity contribution in [2.24, 2.45) is 5.41 Å². The fourth-order valence-corrected chi connectivity index (χ4v) is 1.53. The summed E-state index contributed by atoms with van der Waals surface area (Å²) in [5, 5.41) is 5.15. The Kier molecular flexibility index (Phi) is 6.22. The Bertz CT molecular complexity index is 578. The number of hydrogen-bond donors (Lipinski definition) is 2. The molecular formula is C16H21F3N2O3. The number of nitrogens with one attached hydrogen (secondary N) is 2. The van der Waals surface area contributed by atoms with Crippen LogP contribution in [0.25, 0.3) is 0 Å². The topological polar surface area (TPSA) is 67.4 Å². The van der Waals surface area contributed by atoms with Crippen molar-refractivity contribution in [1.29, 1.82) is 0 Å². The van der Waals surface area contributed by atoms with E-state index in [0.29, 0.717) is 5.69 Å². The molecule has 1 aromatic rings. The molecular weight excluding hydrogens is 325 g/mol. The van der Waals surface area contributed by atoms with Crippen LogP contribution in [0.5, 0.6) is 5.75 Å². The van der Waals surface area contributed by atoms with Crippen LogP contribution in [0.3, 0.4) is 0 Å². The lowest BCUT2D eigenvalue weighted by molar-refractivity contribution is -0.153. The molecule has 5 nitrogen and oxygen atoms in total. The number of amides is 2. The van der Waals surface area contributed by atoms with Crippen LogP contribution in [0.1, 0.15) is 27.7 Å². The van der Waals surface area contributed by atoms with Crippen LogP contribution >= 0.6 is 0 Å². The first-order valence-corrected chi connectivity index (χ1v) is 7.30. The first-order valence-electron chi connectivity index (χ1n) is 7.30. The van der Waals surface area contributed by atoms with E-state index in [9.17, 15) is 22.8 Å². The summed E-state index contributed by atoms with van der Waals surface area (Å²) in [5.41, 5.74) is -0.234. The third kappa shape index (κ3) is 6.89. The summed E-state index contributed by atoms with van der Waals surface area (Å²) >= 11 is 0. The highest BCUT2D eigenvalue weighted by Crippen LogP contribution is 2.20. The molecule has 1 atom stereocenters. The molecule has 2 amide bonds. The van der Waals surface area contributed by atoms with Gasteiger partial charge in [0.1, 0.15) is 11.8 Å². The van der Waals surface area contributed by atoms with Crippen LogP contribution in [0, 0.1) is 5.41 Å². The van der Waals surface area contributed by atoms with Crippen molar-refractivity contribution >= 4 is 17.5 Å². The summed E-state index contributed by atoms with van der Waals surface area (Å²) < 4.78 is 40.7. The predicted molar refractivity (Wildman–Crippen MR) is 83.7 cm³/mol. The maximum absolute atomic E-state index is 12.1. The summed E-state index contributed by atoms with van der Waals surface area (Å²) in [4.78, 5) is 23.8. The highest BCUT2D eigenvalue weighted by atomic mass is 19.4. The molecule has 1 aromatic carbocycles. The van der Waals surface area contributed by atoms with Gasteiger partial charge in [-0.2, -0.15) is 13.2 Å². The van der Waals surface area contributed by atoms with E-state index in [4.69, 9.17) is 0 Å². The van der Waals surface area contributed by atoms with Gasteiger partial charge in [-0.25, -0.2) is 0 Å². The van der Waals surface area contributed by atoms with Gasteiger partial charge in [-0.3, -0.25) is 9.59 Å². The minimum atomic E-state index is -4.41. The van der Waals surface area contributed by atoms with Gasteiger partial charge in [-0.1, -0.05) is 20.8 Å². The molecule has 1 unspecified atom stereocenters. The summed E-state index contributed by atoms with van der Waals surface area (Å²) in [6.07, 6.45) is -4.41. The smallest absolute Gasteiger partial charge is 0.422 e. The Hall–Kier alpha value is -2.25. The monoisotopic (exact) mass is 346 g/mol. The number of rotatable bonds is 5. The molecule has 8 heteroatoms. The van der Waals surface area contributed by atoms with Crippen molar-refractivity contribution in [3.8, 4) is 5.75 Å². The van der Waals surface area contributed by atoms with Crippen LogP contribution in [-0.4, -0.2) is 30.6 Å². The van der Waals surface area contributed by atoms with Gasteiger partial charge < -0.3 is 15.4 Å². The van der Waals surface area contributed by atoms with Gasteiger partial charge in [-0.05, 0) is 31.2 Å². The number of carbonyl (C=O) groups is 2. The highest BCUT2D eigenvalue weighted by Gasteiger charge is 2.28. The van der Waals surface area contributed by atoms with Gasteiger partial charge in [-0.15, -0.1) is 0 Å². The number of carbonyl (C=O) groups excluding carboxylic acids is 2. The molecule has 0 aromatic heterocycles. The molecule has 0 saturated carbocycles. The quantitative estimate of drug-likeness (QED) is 0.861. The van der Waals surface area contributed by atoms with Gasteiger partial charge in [0, 0.05) is 11.1 Å². The number of alkyl halides is 3. The number of halogens is 3. The van der Waals surface area contributed by atoms with E-state index in [1.54, 1.807) is 27.7 Å². The summed E-state index contributed by atoms with van der Waals surface area (Å²) in [6, 6.07) is 4.72. The molecule has 24 heavy (non-hydrogen) atoms. The van der Waals surface area contributed by atoms with Crippen LogP contribution < -0.4 is 15.4 Å². The molecule has 0 bridgehead atoms. The van der Waals surface area contributed by atoms with Crippen molar-refractivity contribution in [1.82, 2.24) is 5.32 Å². The third-order valence-electron chi connectivity index (χ3n) is 2.95. The molecule has 0 heterocycles. The van der Waals surface area contributed by atoms with Gasteiger partial charge in [0.2, 0.25) is 11.8 Å². The second-order valence-electron chi connectivity index (χ2n) is 6.36.